The van der Waals surface area contributed by atoms with Crippen molar-refractivity contribution in [1.29, 1.82) is 0 Å². The topological polar surface area (TPSA) is 58.6 Å². The summed E-state index contributed by atoms with van der Waals surface area (Å²) in [6.45, 7) is 6.34. The van der Waals surface area contributed by atoms with Crippen LogP contribution in [-0.2, 0) is 14.3 Å². The van der Waals surface area contributed by atoms with Gasteiger partial charge in [-0.3, -0.25) is 9.59 Å². The van der Waals surface area contributed by atoms with Crippen molar-refractivity contribution in [1.82, 2.24) is 4.90 Å². The fourth-order valence-corrected chi connectivity index (χ4v) is 3.10. The zero-order chi connectivity index (χ0) is 17.5. The molecule has 140 valence electrons. The van der Waals surface area contributed by atoms with Gasteiger partial charge in [-0.1, -0.05) is 17.7 Å². The van der Waals surface area contributed by atoms with Gasteiger partial charge in [0.25, 0.3) is 0 Å². The van der Waals surface area contributed by atoms with Crippen LogP contribution in [0.1, 0.15) is 31.7 Å². The van der Waals surface area contributed by atoms with Crippen LogP contribution < -0.4 is 17.7 Å². The molecule has 1 atom stereocenters. The van der Waals surface area contributed by atoms with Crippen molar-refractivity contribution < 1.29 is 26.7 Å². The highest BCUT2D eigenvalue weighted by atomic mass is 35.5. The number of anilines is 1. The summed E-state index contributed by atoms with van der Waals surface area (Å²) in [4.78, 5) is 26.2. The predicted octanol–water partition coefficient (Wildman–Crippen LogP) is 0.256. The quantitative estimate of drug-likeness (QED) is 0.711. The molecule has 0 radical (unpaired) electrons. The van der Waals surface area contributed by atoms with Gasteiger partial charge in [-0.2, -0.15) is 0 Å². The molecule has 0 spiro atoms. The number of nitrogens with one attached hydrogen (secondary N) is 1. The van der Waals surface area contributed by atoms with Gasteiger partial charge >= 0.3 is 5.97 Å². The zero-order valence-corrected chi connectivity index (χ0v) is 16.2. The fourth-order valence-electron chi connectivity index (χ4n) is 2.93. The minimum Gasteiger partial charge on any atom is -1.00 e. The van der Waals surface area contributed by atoms with E-state index in [9.17, 15) is 9.59 Å². The third-order valence-corrected chi connectivity index (χ3v) is 4.73. The van der Waals surface area contributed by atoms with Crippen LogP contribution in [0, 0.1) is 12.8 Å². The molecular weight excluding hydrogens is 363 g/mol. The van der Waals surface area contributed by atoms with Crippen molar-refractivity contribution in [2.45, 2.75) is 33.1 Å². The van der Waals surface area contributed by atoms with Crippen LogP contribution in [0.25, 0.3) is 0 Å². The lowest BCUT2D eigenvalue weighted by Gasteiger charge is -2.31. The van der Waals surface area contributed by atoms with E-state index in [1.54, 1.807) is 6.07 Å². The molecule has 1 heterocycles. The number of halogens is 2. The van der Waals surface area contributed by atoms with Gasteiger partial charge in [0.1, 0.15) is 0 Å². The summed E-state index contributed by atoms with van der Waals surface area (Å²) in [7, 11) is 0. The summed E-state index contributed by atoms with van der Waals surface area (Å²) < 4.78 is 5.10. The molecule has 1 amide bonds. The van der Waals surface area contributed by atoms with E-state index in [-0.39, 0.29) is 30.2 Å². The van der Waals surface area contributed by atoms with Gasteiger partial charge in [-0.25, -0.2) is 0 Å². The normalized spacial score (nSPS) is 17.5. The van der Waals surface area contributed by atoms with Gasteiger partial charge in [0, 0.05) is 30.2 Å². The number of hydrogen-bond acceptors (Lipinski definition) is 4. The minimum absolute atomic E-state index is 0. The van der Waals surface area contributed by atoms with Crippen LogP contribution in [0.3, 0.4) is 0 Å². The summed E-state index contributed by atoms with van der Waals surface area (Å²) in [5, 5.41) is 3.54. The molecule has 1 fully saturated rings. The Labute approximate surface area is 160 Å². The van der Waals surface area contributed by atoms with E-state index in [4.69, 9.17) is 16.3 Å². The standard InChI is InChI=1S/C18H25ClN2O3.ClH/c1-3-24-18(23)14-6-5-10-21(12-14)11-9-17(22)20-16-8-4-7-15(19)13(16)2;/h4,7-8,14H,3,5-6,9-12H2,1-2H3,(H,20,22);1H/p-1. The summed E-state index contributed by atoms with van der Waals surface area (Å²) >= 11 is 6.06. The van der Waals surface area contributed by atoms with Crippen LogP contribution in [-0.4, -0.2) is 43.0 Å². The second-order valence-electron chi connectivity index (χ2n) is 6.10. The lowest BCUT2D eigenvalue weighted by Crippen LogP contribution is -3.00. The molecule has 2 rings (SSSR count). The molecule has 1 aliphatic heterocycles. The third kappa shape index (κ3) is 6.49. The number of likely N-dealkylation sites (tertiary alicyclic amines) is 1. The Morgan fingerprint density at radius 1 is 1.40 bits per heavy atom. The molecule has 1 aliphatic rings. The molecule has 25 heavy (non-hydrogen) atoms. The third-order valence-electron chi connectivity index (χ3n) is 4.32. The number of nitrogens with zero attached hydrogens (tertiary/aromatic N) is 1. The lowest BCUT2D eigenvalue weighted by atomic mass is 9.98. The van der Waals surface area contributed by atoms with Crippen LogP contribution in [0.2, 0.25) is 5.02 Å². The van der Waals surface area contributed by atoms with Crippen LogP contribution in [0.5, 0.6) is 0 Å². The molecule has 0 saturated carbocycles. The van der Waals surface area contributed by atoms with Crippen molar-refractivity contribution in [3.05, 3.63) is 28.8 Å². The van der Waals surface area contributed by atoms with Crippen LogP contribution >= 0.6 is 11.6 Å². The summed E-state index contributed by atoms with van der Waals surface area (Å²) in [6, 6.07) is 5.46. The van der Waals surface area contributed by atoms with Gasteiger partial charge in [0.15, 0.2) is 0 Å². The molecule has 1 aromatic rings. The van der Waals surface area contributed by atoms with E-state index < -0.39 is 0 Å². The Hall–Kier alpha value is -1.30. The second kappa shape index (κ2) is 10.6. The average Bonchev–Trinajstić information content (AvgIpc) is 2.58. The molecule has 1 N–H and O–H groups in total. The van der Waals surface area contributed by atoms with Gasteiger partial charge in [-0.05, 0) is 50.9 Å². The molecule has 1 aromatic carbocycles. The maximum absolute atomic E-state index is 12.2. The molecule has 0 aliphatic carbocycles. The fraction of sp³-hybridized carbons (Fsp3) is 0.556. The van der Waals surface area contributed by atoms with E-state index in [0.29, 0.717) is 31.1 Å². The van der Waals surface area contributed by atoms with Crippen molar-refractivity contribution in [2.24, 2.45) is 5.92 Å². The van der Waals surface area contributed by atoms with E-state index in [1.807, 2.05) is 26.0 Å². The SMILES string of the molecule is CCOC(=O)C1CCCN(CCC(=O)Nc2cccc(Cl)c2C)C1.[Cl-]. The van der Waals surface area contributed by atoms with Crippen molar-refractivity contribution in [2.75, 3.05) is 31.6 Å². The van der Waals surface area contributed by atoms with E-state index in [2.05, 4.69) is 10.2 Å². The number of esters is 1. The Morgan fingerprint density at radius 2 is 2.16 bits per heavy atom. The smallest absolute Gasteiger partial charge is 0.310 e. The maximum atomic E-state index is 12.2. The Balaban J connectivity index is 0.00000312. The van der Waals surface area contributed by atoms with Crippen LogP contribution in [0.4, 0.5) is 5.69 Å². The molecular formula is C18H25Cl2N2O3-. The molecule has 5 nitrogen and oxygen atoms in total. The number of carbonyl (C=O) groups excluding carboxylic acids is 2. The highest BCUT2D eigenvalue weighted by Crippen LogP contribution is 2.23. The largest absolute Gasteiger partial charge is 1.00 e. The zero-order valence-electron chi connectivity index (χ0n) is 14.7. The van der Waals surface area contributed by atoms with Crippen molar-refractivity contribution >= 4 is 29.2 Å². The maximum Gasteiger partial charge on any atom is 0.310 e. The number of ether oxygens (including phenoxy) is 1. The Morgan fingerprint density at radius 3 is 2.88 bits per heavy atom. The number of piperidine rings is 1. The molecule has 7 heteroatoms. The Kier molecular flexibility index (Phi) is 9.25. The first-order valence-electron chi connectivity index (χ1n) is 8.45. The van der Waals surface area contributed by atoms with Crippen LogP contribution in [0.15, 0.2) is 18.2 Å². The molecule has 0 aromatic heterocycles. The van der Waals surface area contributed by atoms with E-state index >= 15 is 0 Å². The van der Waals surface area contributed by atoms with Gasteiger partial charge in [0.2, 0.25) is 5.91 Å². The van der Waals surface area contributed by atoms with Crippen molar-refractivity contribution in [3.8, 4) is 0 Å². The van der Waals surface area contributed by atoms with Gasteiger partial charge in [0.05, 0.1) is 12.5 Å². The second-order valence-corrected chi connectivity index (χ2v) is 6.51. The van der Waals surface area contributed by atoms with E-state index in [1.165, 1.54) is 0 Å². The summed E-state index contributed by atoms with van der Waals surface area (Å²) in [6.07, 6.45) is 2.21. The molecule has 1 unspecified atom stereocenters. The summed E-state index contributed by atoms with van der Waals surface area (Å²) in [5.74, 6) is -0.239. The van der Waals surface area contributed by atoms with Crippen molar-refractivity contribution in [3.63, 3.8) is 0 Å². The Bertz CT molecular complexity index is 596. The number of carbonyl (C=O) groups is 2. The monoisotopic (exact) mass is 387 g/mol. The number of rotatable bonds is 6. The molecule has 0 bridgehead atoms. The first-order valence-corrected chi connectivity index (χ1v) is 8.83. The number of hydrogen-bond donors (Lipinski definition) is 1. The first-order chi connectivity index (χ1) is 11.5. The highest BCUT2D eigenvalue weighted by Gasteiger charge is 2.26. The van der Waals surface area contributed by atoms with Gasteiger partial charge in [-0.15, -0.1) is 0 Å². The first kappa shape index (κ1) is 21.7. The highest BCUT2D eigenvalue weighted by molar-refractivity contribution is 6.31. The minimum atomic E-state index is -0.124. The molecule has 1 saturated heterocycles. The lowest BCUT2D eigenvalue weighted by molar-refractivity contribution is -0.149. The average molecular weight is 388 g/mol. The number of amides is 1. The van der Waals surface area contributed by atoms with Gasteiger partial charge < -0.3 is 27.4 Å². The van der Waals surface area contributed by atoms with E-state index in [0.717, 1.165) is 30.6 Å². The predicted molar refractivity (Wildman–Crippen MR) is 95.2 cm³/mol. The summed E-state index contributed by atoms with van der Waals surface area (Å²) in [5.41, 5.74) is 1.61. The number of benzene rings is 1.